The van der Waals surface area contributed by atoms with Crippen LogP contribution in [0.4, 0.5) is 0 Å². The van der Waals surface area contributed by atoms with Gasteiger partial charge in [0.15, 0.2) is 0 Å². The second kappa shape index (κ2) is 3.58. The molecule has 0 bridgehead atoms. The Hall–Kier alpha value is -0.380. The molecule has 2 aliphatic rings. The number of thiophene rings is 1. The second-order valence-electron chi connectivity index (χ2n) is 4.86. The highest BCUT2D eigenvalue weighted by Crippen LogP contribution is 2.38. The molecule has 82 valence electrons. The van der Waals surface area contributed by atoms with Gasteiger partial charge in [0.2, 0.25) is 0 Å². The van der Waals surface area contributed by atoms with Crippen LogP contribution in [0.1, 0.15) is 23.3 Å². The summed E-state index contributed by atoms with van der Waals surface area (Å²) in [5.74, 6) is 0. The predicted molar refractivity (Wildman–Crippen MR) is 64.4 cm³/mol. The third-order valence-corrected chi connectivity index (χ3v) is 4.74. The van der Waals surface area contributed by atoms with Crippen molar-refractivity contribution in [3.8, 4) is 0 Å². The van der Waals surface area contributed by atoms with Crippen LogP contribution >= 0.6 is 11.3 Å². The fourth-order valence-electron chi connectivity index (χ4n) is 3.10. The number of nitrogens with one attached hydrogen (secondary N) is 1. The maximum Gasteiger partial charge on any atom is 0.0574 e. The number of nitrogens with zero attached hydrogens (tertiary/aromatic N) is 1. The van der Waals surface area contributed by atoms with Gasteiger partial charge in [-0.1, -0.05) is 0 Å². The van der Waals surface area contributed by atoms with Crippen LogP contribution in [0.3, 0.4) is 0 Å². The zero-order chi connectivity index (χ0) is 10.3. The number of fused-ring (bicyclic) bond motifs is 2. The van der Waals surface area contributed by atoms with Crippen molar-refractivity contribution in [3.05, 3.63) is 21.9 Å². The first-order valence-corrected chi connectivity index (χ1v) is 6.69. The van der Waals surface area contributed by atoms with Crippen LogP contribution in [-0.4, -0.2) is 31.6 Å². The maximum atomic E-state index is 3.77. The topological polar surface area (TPSA) is 15.3 Å². The summed E-state index contributed by atoms with van der Waals surface area (Å²) in [6, 6.07) is 2.34. The Morgan fingerprint density at radius 2 is 2.47 bits per heavy atom. The van der Waals surface area contributed by atoms with Gasteiger partial charge in [0.05, 0.1) is 5.54 Å². The van der Waals surface area contributed by atoms with E-state index < -0.39 is 0 Å². The van der Waals surface area contributed by atoms with E-state index in [2.05, 4.69) is 28.7 Å². The predicted octanol–water partition coefficient (Wildman–Crippen LogP) is 1.81. The average molecular weight is 222 g/mol. The molecule has 0 aromatic carbocycles. The van der Waals surface area contributed by atoms with Gasteiger partial charge in [-0.25, -0.2) is 0 Å². The molecule has 1 aromatic rings. The third kappa shape index (κ3) is 1.53. The summed E-state index contributed by atoms with van der Waals surface area (Å²) in [4.78, 5) is 4.08. The molecular weight excluding hydrogens is 204 g/mol. The molecule has 3 rings (SSSR count). The molecule has 1 N–H and O–H groups in total. The molecule has 0 radical (unpaired) electrons. The first-order chi connectivity index (χ1) is 7.30. The Balaban J connectivity index is 1.99. The van der Waals surface area contributed by atoms with Crippen molar-refractivity contribution in [2.45, 2.75) is 24.8 Å². The van der Waals surface area contributed by atoms with Crippen LogP contribution in [0.15, 0.2) is 11.4 Å². The standard InChI is InChI=1S/C12H18N2S/c1-14-7-2-5-12(9-14)10-4-8-15-11(10)3-6-13-12/h4,8,13H,2-3,5-7,9H2,1H3. The van der Waals surface area contributed by atoms with Crippen LogP contribution in [0.25, 0.3) is 0 Å². The summed E-state index contributed by atoms with van der Waals surface area (Å²) in [5.41, 5.74) is 1.87. The minimum absolute atomic E-state index is 0.278. The maximum absolute atomic E-state index is 3.77. The van der Waals surface area contributed by atoms with E-state index in [9.17, 15) is 0 Å². The molecular formula is C12H18N2S. The Kier molecular flexibility index (Phi) is 2.34. The van der Waals surface area contributed by atoms with E-state index in [1.165, 1.54) is 32.4 Å². The molecule has 3 heteroatoms. The van der Waals surface area contributed by atoms with Gasteiger partial charge in [-0.2, -0.15) is 0 Å². The summed E-state index contributed by atoms with van der Waals surface area (Å²) in [7, 11) is 2.24. The van der Waals surface area contributed by atoms with Gasteiger partial charge < -0.3 is 10.2 Å². The van der Waals surface area contributed by atoms with E-state index in [1.807, 2.05) is 11.3 Å². The lowest BCUT2D eigenvalue weighted by Crippen LogP contribution is -2.56. The highest BCUT2D eigenvalue weighted by Gasteiger charge is 2.39. The quantitative estimate of drug-likeness (QED) is 0.720. The van der Waals surface area contributed by atoms with Crippen LogP contribution in [0.5, 0.6) is 0 Å². The normalized spacial score (nSPS) is 31.8. The van der Waals surface area contributed by atoms with Crippen molar-refractivity contribution in [1.82, 2.24) is 10.2 Å². The fourth-order valence-corrected chi connectivity index (χ4v) is 4.08. The Bertz CT molecular complexity index is 360. The zero-order valence-corrected chi connectivity index (χ0v) is 10.1. The highest BCUT2D eigenvalue weighted by atomic mass is 32.1. The van der Waals surface area contributed by atoms with E-state index in [-0.39, 0.29) is 5.54 Å². The van der Waals surface area contributed by atoms with Crippen molar-refractivity contribution in [3.63, 3.8) is 0 Å². The van der Waals surface area contributed by atoms with Gasteiger partial charge in [0.25, 0.3) is 0 Å². The van der Waals surface area contributed by atoms with Crippen molar-refractivity contribution in [2.24, 2.45) is 0 Å². The summed E-state index contributed by atoms with van der Waals surface area (Å²) in [6.07, 6.45) is 3.85. The monoisotopic (exact) mass is 222 g/mol. The van der Waals surface area contributed by atoms with Crippen LogP contribution in [0.2, 0.25) is 0 Å². The molecule has 0 aliphatic carbocycles. The van der Waals surface area contributed by atoms with E-state index in [4.69, 9.17) is 0 Å². The van der Waals surface area contributed by atoms with E-state index in [0.29, 0.717) is 0 Å². The SMILES string of the molecule is CN1CCCC2(C1)NCCc1sccc12. The number of likely N-dealkylation sites (tertiary alicyclic amines) is 1. The number of rotatable bonds is 0. The summed E-state index contributed by atoms with van der Waals surface area (Å²) < 4.78 is 0. The van der Waals surface area contributed by atoms with Gasteiger partial charge in [0.1, 0.15) is 0 Å². The van der Waals surface area contributed by atoms with Gasteiger partial charge in [-0.05, 0) is 49.9 Å². The lowest BCUT2D eigenvalue weighted by atomic mass is 9.80. The largest absolute Gasteiger partial charge is 0.306 e. The molecule has 15 heavy (non-hydrogen) atoms. The van der Waals surface area contributed by atoms with E-state index in [0.717, 1.165) is 6.54 Å². The minimum Gasteiger partial charge on any atom is -0.306 e. The summed E-state index contributed by atoms with van der Waals surface area (Å²) in [5, 5.41) is 6.03. The zero-order valence-electron chi connectivity index (χ0n) is 9.25. The van der Waals surface area contributed by atoms with Crippen molar-refractivity contribution in [1.29, 1.82) is 0 Å². The van der Waals surface area contributed by atoms with Gasteiger partial charge in [-0.15, -0.1) is 11.3 Å². The first-order valence-electron chi connectivity index (χ1n) is 5.81. The number of piperidine rings is 1. The molecule has 1 atom stereocenters. The molecule has 1 fully saturated rings. The summed E-state index contributed by atoms with van der Waals surface area (Å²) >= 11 is 1.94. The Morgan fingerprint density at radius 1 is 1.53 bits per heavy atom. The number of hydrogen-bond acceptors (Lipinski definition) is 3. The lowest BCUT2D eigenvalue weighted by Gasteiger charge is -2.45. The molecule has 0 amide bonds. The van der Waals surface area contributed by atoms with Crippen molar-refractivity contribution in [2.75, 3.05) is 26.7 Å². The second-order valence-corrected chi connectivity index (χ2v) is 5.86. The fraction of sp³-hybridized carbons (Fsp3) is 0.667. The minimum atomic E-state index is 0.278. The lowest BCUT2D eigenvalue weighted by molar-refractivity contribution is 0.139. The molecule has 0 saturated carbocycles. The average Bonchev–Trinajstić information content (AvgIpc) is 2.67. The molecule has 1 aromatic heterocycles. The third-order valence-electron chi connectivity index (χ3n) is 3.76. The Morgan fingerprint density at radius 3 is 3.33 bits per heavy atom. The van der Waals surface area contributed by atoms with Crippen molar-refractivity contribution >= 4 is 11.3 Å². The molecule has 1 saturated heterocycles. The molecule has 2 aliphatic heterocycles. The van der Waals surface area contributed by atoms with Gasteiger partial charge in [-0.3, -0.25) is 0 Å². The van der Waals surface area contributed by atoms with Gasteiger partial charge in [0, 0.05) is 18.0 Å². The van der Waals surface area contributed by atoms with E-state index >= 15 is 0 Å². The highest BCUT2D eigenvalue weighted by molar-refractivity contribution is 7.10. The van der Waals surface area contributed by atoms with Crippen molar-refractivity contribution < 1.29 is 0 Å². The van der Waals surface area contributed by atoms with Crippen LogP contribution in [-0.2, 0) is 12.0 Å². The number of hydrogen-bond donors (Lipinski definition) is 1. The molecule has 2 nitrogen and oxygen atoms in total. The molecule has 3 heterocycles. The molecule has 1 spiro atoms. The first kappa shape index (κ1) is 9.82. The van der Waals surface area contributed by atoms with E-state index in [1.54, 1.807) is 10.4 Å². The summed E-state index contributed by atoms with van der Waals surface area (Å²) in [6.45, 7) is 3.58. The smallest absolute Gasteiger partial charge is 0.0574 e. The number of likely N-dealkylation sites (N-methyl/N-ethyl adjacent to an activating group) is 1. The van der Waals surface area contributed by atoms with Crippen LogP contribution < -0.4 is 5.32 Å². The Labute approximate surface area is 95.3 Å². The molecule has 1 unspecified atom stereocenters. The van der Waals surface area contributed by atoms with Gasteiger partial charge >= 0.3 is 0 Å². The van der Waals surface area contributed by atoms with Crippen LogP contribution in [0, 0.1) is 0 Å².